The Hall–Kier alpha value is -2.53. The van der Waals surface area contributed by atoms with E-state index in [1.165, 1.54) is 0 Å². The van der Waals surface area contributed by atoms with Crippen LogP contribution in [0.2, 0.25) is 0 Å². The van der Waals surface area contributed by atoms with Crippen LogP contribution in [0.5, 0.6) is 0 Å². The molecule has 0 aliphatic carbocycles. The van der Waals surface area contributed by atoms with E-state index < -0.39 is 12.0 Å². The molecule has 1 atom stereocenters. The molecule has 1 aromatic carbocycles. The van der Waals surface area contributed by atoms with E-state index in [9.17, 15) is 4.79 Å². The highest BCUT2D eigenvalue weighted by molar-refractivity contribution is 5.85. The van der Waals surface area contributed by atoms with E-state index in [1.54, 1.807) is 0 Å². The molecule has 0 saturated carbocycles. The molecule has 0 saturated heterocycles. The van der Waals surface area contributed by atoms with Gasteiger partial charge in [-0.1, -0.05) is 11.6 Å². The average molecular weight is 285 g/mol. The van der Waals surface area contributed by atoms with E-state index in [0.717, 1.165) is 22.0 Å². The van der Waals surface area contributed by atoms with Gasteiger partial charge in [0, 0.05) is 35.9 Å². The van der Waals surface area contributed by atoms with Crippen molar-refractivity contribution < 1.29 is 9.90 Å². The lowest BCUT2D eigenvalue weighted by Crippen LogP contribution is -2.32. The van der Waals surface area contributed by atoms with Crippen LogP contribution in [0.3, 0.4) is 0 Å². The van der Waals surface area contributed by atoms with Crippen molar-refractivity contribution in [2.45, 2.75) is 19.4 Å². The van der Waals surface area contributed by atoms with Crippen LogP contribution in [0.1, 0.15) is 11.1 Å². The minimum atomic E-state index is -0.970. The van der Waals surface area contributed by atoms with Gasteiger partial charge in [0.2, 0.25) is 0 Å². The summed E-state index contributed by atoms with van der Waals surface area (Å²) in [5, 5.41) is 9.82. The number of carboxylic acids is 1. The number of nitrogens with one attached hydrogen (secondary N) is 2. The molecular formula is C16H19N3O2. The molecule has 0 bridgehead atoms. The van der Waals surface area contributed by atoms with E-state index in [2.05, 4.69) is 9.97 Å². The molecular weight excluding hydrogens is 266 g/mol. The lowest BCUT2D eigenvalue weighted by atomic mass is 10.0. The van der Waals surface area contributed by atoms with Crippen LogP contribution in [0.25, 0.3) is 10.9 Å². The molecule has 5 heteroatoms. The molecule has 0 aliphatic rings. The van der Waals surface area contributed by atoms with Gasteiger partial charge in [-0.05, 0) is 36.8 Å². The van der Waals surface area contributed by atoms with Crippen molar-refractivity contribution >= 4 is 16.9 Å². The first-order valence-electron chi connectivity index (χ1n) is 6.70. The molecule has 2 heterocycles. The summed E-state index contributed by atoms with van der Waals surface area (Å²) in [4.78, 5) is 16.7. The Morgan fingerprint density at radius 3 is 2.62 bits per heavy atom. The Labute approximate surface area is 122 Å². The van der Waals surface area contributed by atoms with Crippen LogP contribution in [0.15, 0.2) is 48.9 Å². The molecule has 0 spiro atoms. The van der Waals surface area contributed by atoms with Crippen molar-refractivity contribution in [1.82, 2.24) is 9.97 Å². The number of aromatic nitrogens is 2. The van der Waals surface area contributed by atoms with Gasteiger partial charge in [-0.25, -0.2) is 0 Å². The number of aromatic amines is 2. The second-order valence-electron chi connectivity index (χ2n) is 4.90. The molecule has 0 radical (unpaired) electrons. The molecule has 2 aromatic heterocycles. The molecule has 1 unspecified atom stereocenters. The van der Waals surface area contributed by atoms with E-state index in [4.69, 9.17) is 10.8 Å². The smallest absolute Gasteiger partial charge is 0.320 e. The van der Waals surface area contributed by atoms with Crippen LogP contribution in [-0.4, -0.2) is 27.1 Å². The van der Waals surface area contributed by atoms with Gasteiger partial charge in [-0.2, -0.15) is 0 Å². The van der Waals surface area contributed by atoms with Crippen molar-refractivity contribution in [3.63, 3.8) is 0 Å². The highest BCUT2D eigenvalue weighted by Gasteiger charge is 2.14. The van der Waals surface area contributed by atoms with Crippen LogP contribution < -0.4 is 5.73 Å². The second kappa shape index (κ2) is 6.76. The quantitative estimate of drug-likeness (QED) is 0.595. The average Bonchev–Trinajstić information content (AvgIpc) is 3.12. The highest BCUT2D eigenvalue weighted by atomic mass is 16.4. The highest BCUT2D eigenvalue weighted by Crippen LogP contribution is 2.20. The van der Waals surface area contributed by atoms with Gasteiger partial charge < -0.3 is 20.8 Å². The zero-order valence-corrected chi connectivity index (χ0v) is 11.8. The van der Waals surface area contributed by atoms with Gasteiger partial charge in [0.1, 0.15) is 6.04 Å². The van der Waals surface area contributed by atoms with Gasteiger partial charge >= 0.3 is 5.97 Å². The van der Waals surface area contributed by atoms with Crippen LogP contribution in [0, 0.1) is 6.92 Å². The molecule has 3 rings (SSSR count). The first-order chi connectivity index (χ1) is 10.1. The summed E-state index contributed by atoms with van der Waals surface area (Å²) < 4.78 is 0. The number of rotatable bonds is 3. The maximum Gasteiger partial charge on any atom is 0.320 e. The summed E-state index contributed by atoms with van der Waals surface area (Å²) in [6.07, 6.45) is 5.92. The fourth-order valence-corrected chi connectivity index (χ4v) is 2.06. The third-order valence-corrected chi connectivity index (χ3v) is 3.18. The third-order valence-electron chi connectivity index (χ3n) is 3.18. The van der Waals surface area contributed by atoms with Gasteiger partial charge in [-0.3, -0.25) is 4.79 Å². The maximum atomic E-state index is 10.7. The van der Waals surface area contributed by atoms with Crippen LogP contribution in [0.4, 0.5) is 0 Å². The van der Waals surface area contributed by atoms with Crippen molar-refractivity contribution in [3.05, 3.63) is 60.0 Å². The monoisotopic (exact) mass is 285 g/mol. The standard InChI is InChI=1S/C12H14N2O2.C4H5N/c1-7-2-3-11-9(4-7)8(6-14-11)5-10(13)12(15)16;1-2-4-5-3-1/h2-4,6,10,14H,5,13H2,1H3,(H,15,16);1-5H. The van der Waals surface area contributed by atoms with Gasteiger partial charge in [0.05, 0.1) is 0 Å². The number of hydrogen-bond donors (Lipinski definition) is 4. The minimum absolute atomic E-state index is 0.346. The molecule has 21 heavy (non-hydrogen) atoms. The maximum absolute atomic E-state index is 10.7. The summed E-state index contributed by atoms with van der Waals surface area (Å²) in [5.74, 6) is -0.970. The molecule has 0 amide bonds. The predicted molar refractivity (Wildman–Crippen MR) is 83.1 cm³/mol. The Balaban J connectivity index is 0.000000272. The molecule has 0 aliphatic heterocycles. The number of fused-ring (bicyclic) bond motifs is 1. The first-order valence-corrected chi connectivity index (χ1v) is 6.70. The SMILES string of the molecule is Cc1ccc2[nH]cc(CC(N)C(=O)O)c2c1.c1cc[nH]c1. The molecule has 0 fully saturated rings. The van der Waals surface area contributed by atoms with Crippen LogP contribution in [-0.2, 0) is 11.2 Å². The Morgan fingerprint density at radius 2 is 2.05 bits per heavy atom. The third kappa shape index (κ3) is 3.97. The number of benzene rings is 1. The predicted octanol–water partition coefficient (Wildman–Crippen LogP) is 2.45. The summed E-state index contributed by atoms with van der Waals surface area (Å²) in [6.45, 7) is 2.01. The number of hydrogen-bond acceptors (Lipinski definition) is 2. The van der Waals surface area contributed by atoms with E-state index in [-0.39, 0.29) is 0 Å². The Kier molecular flexibility index (Phi) is 4.79. The van der Waals surface area contributed by atoms with Crippen molar-refractivity contribution in [2.75, 3.05) is 0 Å². The van der Waals surface area contributed by atoms with E-state index in [1.807, 2.05) is 55.8 Å². The molecule has 5 nitrogen and oxygen atoms in total. The largest absolute Gasteiger partial charge is 0.480 e. The fourth-order valence-electron chi connectivity index (χ4n) is 2.06. The van der Waals surface area contributed by atoms with Crippen molar-refractivity contribution in [3.8, 4) is 0 Å². The minimum Gasteiger partial charge on any atom is -0.480 e. The number of aryl methyl sites for hydroxylation is 1. The zero-order chi connectivity index (χ0) is 15.2. The number of aliphatic carboxylic acids is 1. The number of carboxylic acid groups (broad SMARTS) is 1. The number of nitrogens with two attached hydrogens (primary N) is 1. The summed E-state index contributed by atoms with van der Waals surface area (Å²) in [5.41, 5.74) is 8.64. The summed E-state index contributed by atoms with van der Waals surface area (Å²) in [6, 6.07) is 9.08. The topological polar surface area (TPSA) is 94.9 Å². The zero-order valence-electron chi connectivity index (χ0n) is 11.8. The van der Waals surface area contributed by atoms with Gasteiger partial charge in [-0.15, -0.1) is 0 Å². The molecule has 3 aromatic rings. The van der Waals surface area contributed by atoms with Crippen LogP contribution >= 0.6 is 0 Å². The second-order valence-corrected chi connectivity index (χ2v) is 4.90. The normalized spacial score (nSPS) is 11.7. The first kappa shape index (κ1) is 14.9. The van der Waals surface area contributed by atoms with E-state index >= 15 is 0 Å². The van der Waals surface area contributed by atoms with Crippen molar-refractivity contribution in [2.24, 2.45) is 5.73 Å². The molecule has 110 valence electrons. The molecule has 5 N–H and O–H groups in total. The Bertz CT molecular complexity index is 684. The van der Waals surface area contributed by atoms with Crippen molar-refractivity contribution in [1.29, 1.82) is 0 Å². The van der Waals surface area contributed by atoms with E-state index in [0.29, 0.717) is 6.42 Å². The number of carbonyl (C=O) groups is 1. The fraction of sp³-hybridized carbons (Fsp3) is 0.188. The Morgan fingerprint density at radius 1 is 1.33 bits per heavy atom. The lowest BCUT2D eigenvalue weighted by Gasteiger charge is -2.05. The lowest BCUT2D eigenvalue weighted by molar-refractivity contribution is -0.138. The summed E-state index contributed by atoms with van der Waals surface area (Å²) >= 11 is 0. The van der Waals surface area contributed by atoms with Gasteiger partial charge in [0.25, 0.3) is 0 Å². The number of H-pyrrole nitrogens is 2. The summed E-state index contributed by atoms with van der Waals surface area (Å²) in [7, 11) is 0. The van der Waals surface area contributed by atoms with Gasteiger partial charge in [0.15, 0.2) is 0 Å².